The molecule has 11 nitrogen and oxygen atoms in total. The predicted molar refractivity (Wildman–Crippen MR) is 131 cm³/mol. The third-order valence-electron chi connectivity index (χ3n) is 6.41. The Bertz CT molecular complexity index is 1300. The molecule has 1 unspecified atom stereocenters. The van der Waals surface area contributed by atoms with E-state index in [4.69, 9.17) is 19.1 Å². The molecule has 3 aromatic heterocycles. The number of methoxy groups -OCH3 is 1. The van der Waals surface area contributed by atoms with Gasteiger partial charge in [0.25, 0.3) is 0 Å². The van der Waals surface area contributed by atoms with Crippen LogP contribution in [0.25, 0.3) is 16.9 Å². The molecule has 0 aliphatic carbocycles. The Morgan fingerprint density at radius 1 is 1.21 bits per heavy atom. The molecule has 0 spiro atoms. The third-order valence-corrected chi connectivity index (χ3v) is 6.41. The van der Waals surface area contributed by atoms with Crippen molar-refractivity contribution in [3.05, 3.63) is 43.1 Å². The number of likely N-dealkylation sites (N-methyl/N-ethyl adjacent to an activating group) is 1. The number of piperazine rings is 1. The maximum absolute atomic E-state index is 5.39. The molecule has 176 valence electrons. The van der Waals surface area contributed by atoms with E-state index in [-0.39, 0.29) is 6.17 Å². The van der Waals surface area contributed by atoms with Gasteiger partial charge in [-0.15, -0.1) is 0 Å². The molecule has 1 atom stereocenters. The number of aromatic nitrogens is 4. The number of rotatable bonds is 6. The Morgan fingerprint density at radius 3 is 2.88 bits per heavy atom. The van der Waals surface area contributed by atoms with Gasteiger partial charge in [0, 0.05) is 45.4 Å². The van der Waals surface area contributed by atoms with Gasteiger partial charge in [0.2, 0.25) is 5.95 Å². The quantitative estimate of drug-likeness (QED) is 0.395. The molecule has 11 heteroatoms. The van der Waals surface area contributed by atoms with Crippen LogP contribution in [0.5, 0.6) is 5.75 Å². The van der Waals surface area contributed by atoms with Crippen molar-refractivity contribution in [1.29, 1.82) is 0 Å². The molecule has 3 N–H and O–H groups in total. The maximum Gasteiger partial charge on any atom is 0.229 e. The van der Waals surface area contributed by atoms with Gasteiger partial charge in [-0.2, -0.15) is 9.97 Å². The van der Waals surface area contributed by atoms with E-state index >= 15 is 0 Å². The second-order valence-corrected chi connectivity index (χ2v) is 8.41. The fraction of sp³-hybridized carbons (Fsp3) is 0.348. The van der Waals surface area contributed by atoms with Crippen molar-refractivity contribution < 1.29 is 9.15 Å². The van der Waals surface area contributed by atoms with E-state index in [0.29, 0.717) is 18.3 Å². The molecule has 0 saturated carbocycles. The van der Waals surface area contributed by atoms with E-state index in [2.05, 4.69) is 37.8 Å². The second kappa shape index (κ2) is 8.41. The van der Waals surface area contributed by atoms with Gasteiger partial charge < -0.3 is 34.9 Å². The lowest BCUT2D eigenvalue weighted by atomic mass is 10.2. The first-order valence-electron chi connectivity index (χ1n) is 11.4. The number of imidazole rings is 1. The minimum Gasteiger partial charge on any atom is -0.497 e. The fourth-order valence-electron chi connectivity index (χ4n) is 4.48. The zero-order valence-electron chi connectivity index (χ0n) is 19.2. The summed E-state index contributed by atoms with van der Waals surface area (Å²) in [5.74, 6) is 2.25. The monoisotopic (exact) mass is 461 g/mol. The minimum atomic E-state index is 0.0470. The lowest BCUT2D eigenvalue weighted by Crippen LogP contribution is -2.44. The number of hydrogen-bond acceptors (Lipinski definition) is 10. The number of furan rings is 1. The number of ether oxygens (including phenoxy) is 1. The van der Waals surface area contributed by atoms with E-state index in [1.54, 1.807) is 26.0 Å². The summed E-state index contributed by atoms with van der Waals surface area (Å²) in [6.45, 7) is 4.15. The highest BCUT2D eigenvalue weighted by Crippen LogP contribution is 2.36. The average molecular weight is 462 g/mol. The number of nitrogens with one attached hydrogen (secondary N) is 3. The molecule has 0 amide bonds. The van der Waals surface area contributed by atoms with Crippen LogP contribution in [0, 0.1) is 0 Å². The molecule has 1 fully saturated rings. The van der Waals surface area contributed by atoms with Crippen LogP contribution >= 0.6 is 0 Å². The van der Waals surface area contributed by atoms with Gasteiger partial charge in [0.05, 0.1) is 37.0 Å². The number of anilines is 4. The highest BCUT2D eigenvalue weighted by molar-refractivity contribution is 5.86. The number of fused-ring (bicyclic) bond motifs is 2. The molecule has 1 aromatic carbocycles. The summed E-state index contributed by atoms with van der Waals surface area (Å²) in [6, 6.07) is 7.94. The highest BCUT2D eigenvalue weighted by atomic mass is 16.5. The summed E-state index contributed by atoms with van der Waals surface area (Å²) in [5.41, 5.74) is 4.52. The zero-order valence-corrected chi connectivity index (χ0v) is 19.2. The van der Waals surface area contributed by atoms with Gasteiger partial charge in [-0.1, -0.05) is 0 Å². The van der Waals surface area contributed by atoms with E-state index in [9.17, 15) is 0 Å². The Morgan fingerprint density at radius 2 is 2.09 bits per heavy atom. The molecule has 0 bridgehead atoms. The topological polar surface area (TPSA) is 109 Å². The van der Waals surface area contributed by atoms with Crippen LogP contribution in [0.3, 0.4) is 0 Å². The van der Waals surface area contributed by atoms with E-state index in [1.807, 2.05) is 28.8 Å². The minimum absolute atomic E-state index is 0.0470. The molecule has 34 heavy (non-hydrogen) atoms. The van der Waals surface area contributed by atoms with Gasteiger partial charge in [0.1, 0.15) is 24.5 Å². The first-order valence-corrected chi connectivity index (χ1v) is 11.4. The Kier molecular flexibility index (Phi) is 5.10. The van der Waals surface area contributed by atoms with Crippen LogP contribution in [0.15, 0.2) is 47.5 Å². The SMILES string of the molecule is COc1ccc2c(c1)N(C)C(CNc1nc(N3CCNCC3)nc3c1ncn3-c1ccoc1)N2. The van der Waals surface area contributed by atoms with Crippen LogP contribution in [0.2, 0.25) is 0 Å². The Labute approximate surface area is 196 Å². The summed E-state index contributed by atoms with van der Waals surface area (Å²) in [7, 11) is 3.75. The Balaban J connectivity index is 1.31. The molecular formula is C23H27N9O2. The smallest absolute Gasteiger partial charge is 0.229 e. The second-order valence-electron chi connectivity index (χ2n) is 8.41. The van der Waals surface area contributed by atoms with E-state index < -0.39 is 0 Å². The largest absolute Gasteiger partial charge is 0.497 e. The lowest BCUT2D eigenvalue weighted by molar-refractivity contribution is 0.415. The van der Waals surface area contributed by atoms with E-state index in [0.717, 1.165) is 60.2 Å². The van der Waals surface area contributed by atoms with Crippen molar-refractivity contribution in [1.82, 2.24) is 24.8 Å². The first-order chi connectivity index (χ1) is 16.7. The standard InChI is InChI=1S/C23H27N9O2/c1-30-18-11-16(33-2)3-4-17(18)27-19(30)12-25-21-20-22(32(14-26-20)15-5-10-34-13-15)29-23(28-21)31-8-6-24-7-9-31/h3-5,10-11,13-14,19,24,27H,6-9,12H2,1-2H3,(H,25,28,29). The summed E-state index contributed by atoms with van der Waals surface area (Å²) >= 11 is 0. The Hall–Kier alpha value is -3.99. The van der Waals surface area contributed by atoms with Crippen LogP contribution < -0.4 is 30.5 Å². The molecule has 2 aliphatic heterocycles. The van der Waals surface area contributed by atoms with Crippen molar-refractivity contribution in [2.24, 2.45) is 0 Å². The van der Waals surface area contributed by atoms with Crippen LogP contribution in [-0.4, -0.2) is 72.6 Å². The predicted octanol–water partition coefficient (Wildman–Crippen LogP) is 2.13. The fourth-order valence-corrected chi connectivity index (χ4v) is 4.48. The van der Waals surface area contributed by atoms with Crippen molar-refractivity contribution in [3.63, 3.8) is 0 Å². The number of hydrogen-bond donors (Lipinski definition) is 3. The first kappa shape index (κ1) is 20.6. The molecule has 5 heterocycles. The number of nitrogens with zero attached hydrogens (tertiary/aromatic N) is 6. The van der Waals surface area contributed by atoms with Crippen molar-refractivity contribution in [2.75, 3.05) is 67.3 Å². The summed E-state index contributed by atoms with van der Waals surface area (Å²) in [4.78, 5) is 18.8. The molecule has 1 saturated heterocycles. The normalized spacial score (nSPS) is 17.6. The molecule has 6 rings (SSSR count). The van der Waals surface area contributed by atoms with Crippen LogP contribution in [-0.2, 0) is 0 Å². The van der Waals surface area contributed by atoms with Crippen molar-refractivity contribution in [2.45, 2.75) is 6.17 Å². The zero-order chi connectivity index (χ0) is 23.1. The lowest BCUT2D eigenvalue weighted by Gasteiger charge is -2.28. The van der Waals surface area contributed by atoms with Crippen molar-refractivity contribution >= 4 is 34.3 Å². The maximum atomic E-state index is 5.39. The van der Waals surface area contributed by atoms with Crippen LogP contribution in [0.4, 0.5) is 23.1 Å². The van der Waals surface area contributed by atoms with Gasteiger partial charge in [-0.05, 0) is 12.1 Å². The molecule has 4 aromatic rings. The number of benzene rings is 1. The van der Waals surface area contributed by atoms with Crippen molar-refractivity contribution in [3.8, 4) is 11.4 Å². The van der Waals surface area contributed by atoms with Gasteiger partial charge >= 0.3 is 0 Å². The summed E-state index contributed by atoms with van der Waals surface area (Å²) in [6.07, 6.45) is 5.14. The van der Waals surface area contributed by atoms with Gasteiger partial charge in [-0.3, -0.25) is 4.57 Å². The van der Waals surface area contributed by atoms with E-state index in [1.165, 1.54) is 0 Å². The summed E-state index contributed by atoms with van der Waals surface area (Å²) in [5, 5.41) is 10.5. The highest BCUT2D eigenvalue weighted by Gasteiger charge is 2.27. The molecule has 0 radical (unpaired) electrons. The molecular weight excluding hydrogens is 434 g/mol. The third kappa shape index (κ3) is 3.54. The van der Waals surface area contributed by atoms with Gasteiger partial charge in [-0.25, -0.2) is 4.98 Å². The summed E-state index contributed by atoms with van der Waals surface area (Å²) < 4.78 is 12.6. The van der Waals surface area contributed by atoms with Gasteiger partial charge in [0.15, 0.2) is 17.0 Å². The van der Waals surface area contributed by atoms with Crippen LogP contribution in [0.1, 0.15) is 0 Å². The average Bonchev–Trinajstić information content (AvgIpc) is 3.62. The molecule has 2 aliphatic rings.